The number of rotatable bonds is 25. The first-order chi connectivity index (χ1) is 16.2. The number of carbonyl (C=O) groups excluding carboxylic acids is 2. The van der Waals surface area contributed by atoms with E-state index in [9.17, 15) is 9.59 Å². The van der Waals surface area contributed by atoms with Crippen LogP contribution in [0.25, 0.3) is 0 Å². The molecule has 0 aliphatic rings. The Bertz CT molecular complexity index is 442. The van der Waals surface area contributed by atoms with Crippen LogP contribution >= 0.6 is 0 Å². The summed E-state index contributed by atoms with van der Waals surface area (Å²) in [5, 5.41) is 0. The number of esters is 2. The van der Waals surface area contributed by atoms with Gasteiger partial charge < -0.3 is 23.7 Å². The molecule has 7 nitrogen and oxygen atoms in total. The van der Waals surface area contributed by atoms with Gasteiger partial charge in [-0.05, 0) is 19.3 Å². The summed E-state index contributed by atoms with van der Waals surface area (Å²) in [5.74, 6) is -0.259. The van der Waals surface area contributed by atoms with Crippen molar-refractivity contribution in [2.45, 2.75) is 97.8 Å². The maximum absolute atomic E-state index is 12.0. The van der Waals surface area contributed by atoms with Crippen LogP contribution in [0.5, 0.6) is 0 Å². The average Bonchev–Trinajstić information content (AvgIpc) is 2.81. The molecule has 0 rings (SSSR count). The van der Waals surface area contributed by atoms with E-state index in [4.69, 9.17) is 23.7 Å². The van der Waals surface area contributed by atoms with Crippen molar-refractivity contribution < 1.29 is 33.3 Å². The fourth-order valence-electron chi connectivity index (χ4n) is 3.31. The quantitative estimate of drug-likeness (QED) is 0.128. The third-order valence-corrected chi connectivity index (χ3v) is 5.42. The molecule has 33 heavy (non-hydrogen) atoms. The average molecular weight is 475 g/mol. The van der Waals surface area contributed by atoms with E-state index in [2.05, 4.69) is 13.8 Å². The summed E-state index contributed by atoms with van der Waals surface area (Å²) in [5.41, 5.74) is 0. The second kappa shape index (κ2) is 25.4. The normalized spacial score (nSPS) is 12.0. The van der Waals surface area contributed by atoms with Gasteiger partial charge in [0.25, 0.3) is 0 Å². The lowest BCUT2D eigenvalue weighted by Crippen LogP contribution is -2.20. The second-order valence-corrected chi connectivity index (χ2v) is 8.34. The fourth-order valence-corrected chi connectivity index (χ4v) is 3.31. The Morgan fingerprint density at radius 2 is 1.06 bits per heavy atom. The molecule has 0 saturated heterocycles. The van der Waals surface area contributed by atoms with Gasteiger partial charge in [0, 0.05) is 6.42 Å². The summed E-state index contributed by atoms with van der Waals surface area (Å²) in [6.45, 7) is 9.48. The Balaban J connectivity index is 3.32. The molecule has 0 aliphatic heterocycles. The molecule has 0 bridgehead atoms. The van der Waals surface area contributed by atoms with Crippen molar-refractivity contribution in [2.24, 2.45) is 5.92 Å². The molecule has 0 heterocycles. The van der Waals surface area contributed by atoms with Gasteiger partial charge in [-0.3, -0.25) is 9.59 Å². The number of carbonyl (C=O) groups is 2. The molecule has 0 amide bonds. The standard InChI is InChI=1S/C26H50O7/c1-4-7-9-10-11-12-13-15-25(27)32-22-20-30-18-16-29-17-19-31-21-23-33-26(28)24(6-3)14-8-5-2/h24H,4-23H2,1-3H3. The van der Waals surface area contributed by atoms with E-state index in [-0.39, 0.29) is 31.1 Å². The van der Waals surface area contributed by atoms with Gasteiger partial charge in [-0.1, -0.05) is 72.1 Å². The SMILES string of the molecule is CCCCCCCCCC(=O)OCCOCCOCCOCCOC(=O)C(CC)CCCC. The van der Waals surface area contributed by atoms with Crippen LogP contribution in [-0.2, 0) is 33.3 Å². The minimum Gasteiger partial charge on any atom is -0.463 e. The summed E-state index contributed by atoms with van der Waals surface area (Å²) in [6, 6.07) is 0. The van der Waals surface area contributed by atoms with Crippen LogP contribution in [0.15, 0.2) is 0 Å². The van der Waals surface area contributed by atoms with E-state index in [1.807, 2.05) is 6.92 Å². The van der Waals surface area contributed by atoms with E-state index in [0.717, 1.165) is 38.5 Å². The van der Waals surface area contributed by atoms with Crippen molar-refractivity contribution in [1.29, 1.82) is 0 Å². The molecule has 196 valence electrons. The zero-order valence-electron chi connectivity index (χ0n) is 21.6. The van der Waals surface area contributed by atoms with Crippen LogP contribution in [0, 0.1) is 5.92 Å². The first kappa shape index (κ1) is 31.8. The molecule has 0 aliphatic carbocycles. The lowest BCUT2D eigenvalue weighted by atomic mass is 10.00. The van der Waals surface area contributed by atoms with Crippen LogP contribution in [0.4, 0.5) is 0 Å². The summed E-state index contributed by atoms with van der Waals surface area (Å²) >= 11 is 0. The van der Waals surface area contributed by atoms with Crippen molar-refractivity contribution >= 4 is 11.9 Å². The van der Waals surface area contributed by atoms with Gasteiger partial charge in [0.2, 0.25) is 0 Å². The third kappa shape index (κ3) is 22.4. The van der Waals surface area contributed by atoms with Gasteiger partial charge in [-0.2, -0.15) is 0 Å². The highest BCUT2D eigenvalue weighted by Crippen LogP contribution is 2.14. The second-order valence-electron chi connectivity index (χ2n) is 8.34. The highest BCUT2D eigenvalue weighted by atomic mass is 16.6. The predicted molar refractivity (Wildman–Crippen MR) is 130 cm³/mol. The van der Waals surface area contributed by atoms with E-state index < -0.39 is 0 Å². The summed E-state index contributed by atoms with van der Waals surface area (Å²) < 4.78 is 26.7. The Kier molecular flexibility index (Phi) is 24.5. The van der Waals surface area contributed by atoms with E-state index in [1.54, 1.807) is 0 Å². The zero-order chi connectivity index (χ0) is 24.4. The fraction of sp³-hybridized carbons (Fsp3) is 0.923. The summed E-state index contributed by atoms with van der Waals surface area (Å²) in [4.78, 5) is 23.6. The first-order valence-electron chi connectivity index (χ1n) is 13.2. The molecule has 0 aromatic heterocycles. The molecular formula is C26H50O7. The van der Waals surface area contributed by atoms with Crippen molar-refractivity contribution in [2.75, 3.05) is 52.9 Å². The Morgan fingerprint density at radius 3 is 1.61 bits per heavy atom. The number of hydrogen-bond donors (Lipinski definition) is 0. The lowest BCUT2D eigenvalue weighted by molar-refractivity contribution is -0.150. The molecule has 0 aromatic carbocycles. The van der Waals surface area contributed by atoms with Crippen LogP contribution in [0.1, 0.15) is 97.8 Å². The van der Waals surface area contributed by atoms with Gasteiger partial charge in [-0.25, -0.2) is 0 Å². The zero-order valence-corrected chi connectivity index (χ0v) is 21.6. The molecular weight excluding hydrogens is 424 g/mol. The monoisotopic (exact) mass is 474 g/mol. The smallest absolute Gasteiger partial charge is 0.308 e. The van der Waals surface area contributed by atoms with Gasteiger partial charge in [0.1, 0.15) is 13.2 Å². The van der Waals surface area contributed by atoms with Gasteiger partial charge in [0.05, 0.1) is 45.6 Å². The van der Waals surface area contributed by atoms with Gasteiger partial charge in [0.15, 0.2) is 0 Å². The number of hydrogen-bond acceptors (Lipinski definition) is 7. The molecule has 0 spiro atoms. The Morgan fingerprint density at radius 1 is 0.576 bits per heavy atom. The summed E-state index contributed by atoms with van der Waals surface area (Å²) in [7, 11) is 0. The minimum absolute atomic E-state index is 0.00177. The lowest BCUT2D eigenvalue weighted by Gasteiger charge is -2.13. The van der Waals surface area contributed by atoms with Crippen molar-refractivity contribution in [3.05, 3.63) is 0 Å². The Labute approximate surface area is 202 Å². The predicted octanol–water partition coefficient (Wildman–Crippen LogP) is 5.48. The van der Waals surface area contributed by atoms with Crippen LogP contribution < -0.4 is 0 Å². The number of ether oxygens (including phenoxy) is 5. The van der Waals surface area contributed by atoms with Gasteiger partial charge >= 0.3 is 11.9 Å². The first-order valence-corrected chi connectivity index (χ1v) is 13.2. The highest BCUT2D eigenvalue weighted by Gasteiger charge is 2.16. The third-order valence-electron chi connectivity index (χ3n) is 5.42. The maximum Gasteiger partial charge on any atom is 0.308 e. The number of unbranched alkanes of at least 4 members (excludes halogenated alkanes) is 7. The Hall–Kier alpha value is -1.18. The molecule has 0 radical (unpaired) electrons. The topological polar surface area (TPSA) is 80.3 Å². The summed E-state index contributed by atoms with van der Waals surface area (Å²) in [6.07, 6.45) is 12.7. The molecule has 1 atom stereocenters. The van der Waals surface area contributed by atoms with Crippen LogP contribution in [0.3, 0.4) is 0 Å². The van der Waals surface area contributed by atoms with Crippen molar-refractivity contribution in [3.63, 3.8) is 0 Å². The van der Waals surface area contributed by atoms with Crippen molar-refractivity contribution in [3.8, 4) is 0 Å². The molecule has 0 aromatic rings. The molecule has 0 fully saturated rings. The molecule has 0 N–H and O–H groups in total. The van der Waals surface area contributed by atoms with Gasteiger partial charge in [-0.15, -0.1) is 0 Å². The van der Waals surface area contributed by atoms with E-state index in [1.165, 1.54) is 32.1 Å². The van der Waals surface area contributed by atoms with Crippen LogP contribution in [-0.4, -0.2) is 64.8 Å². The van der Waals surface area contributed by atoms with Crippen molar-refractivity contribution in [1.82, 2.24) is 0 Å². The van der Waals surface area contributed by atoms with Crippen LogP contribution in [0.2, 0.25) is 0 Å². The largest absolute Gasteiger partial charge is 0.463 e. The van der Waals surface area contributed by atoms with E-state index >= 15 is 0 Å². The molecule has 1 unspecified atom stereocenters. The molecule has 0 saturated carbocycles. The van der Waals surface area contributed by atoms with E-state index in [0.29, 0.717) is 46.1 Å². The maximum atomic E-state index is 12.0. The molecule has 7 heteroatoms. The minimum atomic E-state index is -0.141. The highest BCUT2D eigenvalue weighted by molar-refractivity contribution is 5.72.